The van der Waals surface area contributed by atoms with Gasteiger partial charge in [-0.15, -0.1) is 11.3 Å². The number of likely N-dealkylation sites (N-methyl/N-ethyl adjacent to an activating group) is 1. The normalized spacial score (nSPS) is 22.1. The van der Waals surface area contributed by atoms with Gasteiger partial charge in [0.25, 0.3) is 0 Å². The second-order valence-corrected chi connectivity index (χ2v) is 15.2. The van der Waals surface area contributed by atoms with Gasteiger partial charge in [0, 0.05) is 60.9 Å². The average Bonchev–Trinajstić information content (AvgIpc) is 3.86. The summed E-state index contributed by atoms with van der Waals surface area (Å²) >= 11 is 0.683. The predicted octanol–water partition coefficient (Wildman–Crippen LogP) is 7.30. The number of carbonyl (C=O) groups excluding carboxylic acids is 1. The molecule has 52 heavy (non-hydrogen) atoms. The number of aromatic nitrogens is 2. The highest BCUT2D eigenvalue weighted by Gasteiger charge is 2.49. The maximum Gasteiger partial charge on any atom is 0.417 e. The molecular weight excluding hydrogens is 708 g/mol. The van der Waals surface area contributed by atoms with Crippen molar-refractivity contribution < 1.29 is 35.9 Å². The largest absolute Gasteiger partial charge is 0.461 e. The number of nitriles is 1. The van der Waals surface area contributed by atoms with Crippen LogP contribution in [0.2, 0.25) is 0 Å². The molecule has 3 atom stereocenters. The van der Waals surface area contributed by atoms with E-state index in [1.807, 2.05) is 11.0 Å². The molecule has 9 nitrogen and oxygen atoms in total. The summed E-state index contributed by atoms with van der Waals surface area (Å²) in [6, 6.07) is 3.85. The summed E-state index contributed by atoms with van der Waals surface area (Å²) in [4.78, 5) is 27.3. The molecule has 3 saturated heterocycles. The fourth-order valence-electron chi connectivity index (χ4n) is 8.26. The lowest BCUT2D eigenvalue weighted by atomic mass is 9.92. The third-order valence-corrected chi connectivity index (χ3v) is 11.7. The zero-order valence-corrected chi connectivity index (χ0v) is 29.6. The number of hydrogen-bond donors (Lipinski definition) is 1. The number of fused-ring (bicyclic) bond motifs is 3. The second kappa shape index (κ2) is 13.2. The van der Waals surface area contributed by atoms with Crippen molar-refractivity contribution in [2.45, 2.75) is 70.4 Å². The van der Waals surface area contributed by atoms with Crippen LogP contribution in [0.15, 0.2) is 18.2 Å². The Balaban J connectivity index is 1.44. The topological polar surface area (TPSA) is 112 Å². The number of carbonyl (C=O) groups is 1. The number of nitrogens with two attached hydrogens (primary N) is 1. The van der Waals surface area contributed by atoms with Crippen LogP contribution in [0.1, 0.15) is 57.6 Å². The number of ether oxygens (including phenoxy) is 1. The Hall–Kier alpha value is -4.36. The molecule has 5 heterocycles. The Labute approximate surface area is 299 Å². The van der Waals surface area contributed by atoms with Crippen molar-refractivity contribution >= 4 is 49.1 Å². The van der Waals surface area contributed by atoms with Crippen LogP contribution >= 0.6 is 11.3 Å². The molecule has 3 unspecified atom stereocenters. The first-order chi connectivity index (χ1) is 24.7. The van der Waals surface area contributed by atoms with Crippen molar-refractivity contribution in [2.24, 2.45) is 5.92 Å². The van der Waals surface area contributed by atoms with E-state index in [0.29, 0.717) is 37.3 Å². The Morgan fingerprint density at radius 1 is 1.23 bits per heavy atom. The summed E-state index contributed by atoms with van der Waals surface area (Å²) in [5, 5.41) is 9.25. The Morgan fingerprint density at radius 2 is 2.00 bits per heavy atom. The van der Waals surface area contributed by atoms with Crippen LogP contribution in [-0.2, 0) is 11.0 Å². The second-order valence-electron chi connectivity index (χ2n) is 14.1. The van der Waals surface area contributed by atoms with E-state index in [0.717, 1.165) is 24.6 Å². The average molecular weight is 746 g/mol. The van der Waals surface area contributed by atoms with Crippen LogP contribution in [0.5, 0.6) is 6.01 Å². The number of rotatable bonds is 8. The van der Waals surface area contributed by atoms with Gasteiger partial charge in [-0.05, 0) is 50.4 Å². The monoisotopic (exact) mass is 745 g/mol. The number of amides is 1. The summed E-state index contributed by atoms with van der Waals surface area (Å²) in [6.45, 7) is 7.22. The number of nitrogens with zero attached hydrogens (tertiary/aromatic N) is 6. The van der Waals surface area contributed by atoms with Crippen molar-refractivity contribution in [2.75, 3.05) is 50.0 Å². The van der Waals surface area contributed by atoms with Gasteiger partial charge in [-0.25, -0.2) is 13.2 Å². The lowest BCUT2D eigenvalue weighted by Gasteiger charge is -2.32. The van der Waals surface area contributed by atoms with E-state index < -0.39 is 46.2 Å². The highest BCUT2D eigenvalue weighted by atomic mass is 32.1. The maximum atomic E-state index is 17.2. The van der Waals surface area contributed by atoms with E-state index in [9.17, 15) is 18.8 Å². The minimum atomic E-state index is -5.12. The fraction of sp³-hybridized carbons (Fsp3) is 0.500. The van der Waals surface area contributed by atoms with Gasteiger partial charge in [0.15, 0.2) is 5.82 Å². The van der Waals surface area contributed by atoms with E-state index in [4.69, 9.17) is 10.5 Å². The van der Waals surface area contributed by atoms with Gasteiger partial charge in [0.05, 0.1) is 21.4 Å². The molecule has 3 aliphatic rings. The first-order valence-corrected chi connectivity index (χ1v) is 18.1. The molecule has 3 fully saturated rings. The first kappa shape index (κ1) is 36.0. The number of likely N-dealkylation sites (tertiary alicyclic amines) is 1. The molecule has 7 rings (SSSR count). The summed E-state index contributed by atoms with van der Waals surface area (Å²) < 4.78 is 98.0. The molecule has 276 valence electrons. The molecule has 0 spiro atoms. The van der Waals surface area contributed by atoms with Crippen LogP contribution in [0, 0.1) is 28.9 Å². The molecule has 2 aromatic carbocycles. The van der Waals surface area contributed by atoms with Crippen LogP contribution < -0.4 is 15.4 Å². The lowest BCUT2D eigenvalue weighted by Crippen LogP contribution is -2.43. The Bertz CT molecular complexity index is 2120. The van der Waals surface area contributed by atoms with Crippen molar-refractivity contribution in [3.8, 4) is 23.2 Å². The van der Waals surface area contributed by atoms with Crippen LogP contribution in [0.4, 0.5) is 37.2 Å². The van der Waals surface area contributed by atoms with Gasteiger partial charge >= 0.3 is 12.2 Å². The third-order valence-electron chi connectivity index (χ3n) is 10.6. The van der Waals surface area contributed by atoms with Crippen molar-refractivity contribution in [1.29, 1.82) is 5.26 Å². The molecule has 1 amide bonds. The van der Waals surface area contributed by atoms with Crippen molar-refractivity contribution in [1.82, 2.24) is 19.8 Å². The zero-order chi connectivity index (χ0) is 37.3. The van der Waals surface area contributed by atoms with Gasteiger partial charge in [-0.1, -0.05) is 19.9 Å². The van der Waals surface area contributed by atoms with E-state index in [2.05, 4.69) is 9.97 Å². The molecule has 2 aromatic heterocycles. The van der Waals surface area contributed by atoms with Crippen molar-refractivity contribution in [3.05, 3.63) is 41.0 Å². The van der Waals surface area contributed by atoms with E-state index >= 15 is 17.6 Å². The van der Waals surface area contributed by atoms with Gasteiger partial charge in [-0.2, -0.15) is 28.4 Å². The summed E-state index contributed by atoms with van der Waals surface area (Å²) in [7, 11) is 0. The molecule has 0 aliphatic carbocycles. The number of halogens is 6. The first-order valence-electron chi connectivity index (χ1n) is 17.3. The molecule has 3 aliphatic heterocycles. The predicted molar refractivity (Wildman–Crippen MR) is 186 cm³/mol. The maximum absolute atomic E-state index is 17.2. The van der Waals surface area contributed by atoms with E-state index in [-0.39, 0.29) is 94.0 Å². The quantitative estimate of drug-likeness (QED) is 0.187. The number of thiophene rings is 1. The Morgan fingerprint density at radius 3 is 2.69 bits per heavy atom. The zero-order valence-electron chi connectivity index (χ0n) is 28.8. The van der Waals surface area contributed by atoms with E-state index in [1.54, 1.807) is 30.6 Å². The molecule has 0 saturated carbocycles. The van der Waals surface area contributed by atoms with Crippen molar-refractivity contribution in [3.63, 3.8) is 0 Å². The van der Waals surface area contributed by atoms with E-state index in [1.165, 1.54) is 0 Å². The SMILES string of the molecule is CCN(c1nc(OCC23CCCN2CC(F)C3)nc2c(F)c(-c3ccc(F)c4sc(N)c(C#N)c34)c(C(F)(F)F)cc12)C1CCN(C(=O)C(C)C)C1. The van der Waals surface area contributed by atoms with Gasteiger partial charge in [0.2, 0.25) is 5.91 Å². The molecule has 0 radical (unpaired) electrons. The molecule has 16 heteroatoms. The Kier molecular flexibility index (Phi) is 9.17. The van der Waals surface area contributed by atoms with Crippen LogP contribution in [0.25, 0.3) is 32.1 Å². The number of nitrogen functional groups attached to an aromatic ring is 1. The number of benzene rings is 2. The summed E-state index contributed by atoms with van der Waals surface area (Å²) in [5.41, 5.74) is 1.92. The molecular formula is C36H37F6N7O2S. The van der Waals surface area contributed by atoms with Crippen LogP contribution in [0.3, 0.4) is 0 Å². The summed E-state index contributed by atoms with van der Waals surface area (Å²) in [5.74, 6) is -2.54. The van der Waals surface area contributed by atoms with Crippen LogP contribution in [-0.4, -0.2) is 82.8 Å². The third kappa shape index (κ3) is 5.95. The lowest BCUT2D eigenvalue weighted by molar-refractivity contribution is -0.137. The molecule has 0 bridgehead atoms. The number of anilines is 2. The molecule has 2 N–H and O–H groups in total. The van der Waals surface area contributed by atoms with Gasteiger partial charge in [-0.3, -0.25) is 9.69 Å². The standard InChI is InChI=1S/C36H37F6N7O2S/c1-4-49(20-8-11-47(16-20)33(50)18(2)3)32-22-12-24(36(40,41)42)27(21-6-7-25(38)30-26(21)23(14-43)31(44)52-30)28(39)29(22)45-34(46-32)51-17-35-9-5-10-48(35)15-19(37)13-35/h6-7,12,18-20H,4-5,8-11,13,15-17,44H2,1-3H3. The van der Waals surface area contributed by atoms with Gasteiger partial charge < -0.3 is 20.3 Å². The molecule has 4 aromatic rings. The summed E-state index contributed by atoms with van der Waals surface area (Å²) in [6.07, 6.45) is -3.96. The minimum Gasteiger partial charge on any atom is -0.461 e. The fourth-order valence-corrected chi connectivity index (χ4v) is 9.21. The smallest absolute Gasteiger partial charge is 0.417 e. The highest BCUT2D eigenvalue weighted by Crippen LogP contribution is 2.48. The number of alkyl halides is 4. The number of hydrogen-bond acceptors (Lipinski definition) is 9. The van der Waals surface area contributed by atoms with Gasteiger partial charge in [0.1, 0.15) is 41.0 Å². The minimum absolute atomic E-state index is 0.0143. The highest BCUT2D eigenvalue weighted by molar-refractivity contribution is 7.23.